The number of hydrogen-bond donors (Lipinski definition) is 2. The van der Waals surface area contributed by atoms with Crippen LogP contribution >= 0.6 is 11.6 Å². The van der Waals surface area contributed by atoms with E-state index in [9.17, 15) is 22.4 Å². The number of pyridine rings is 1. The van der Waals surface area contributed by atoms with Crippen molar-refractivity contribution in [1.82, 2.24) is 34.5 Å². The predicted molar refractivity (Wildman–Crippen MR) is 131 cm³/mol. The van der Waals surface area contributed by atoms with E-state index in [4.69, 9.17) is 17.3 Å². The van der Waals surface area contributed by atoms with Gasteiger partial charge in [0, 0.05) is 19.5 Å². The minimum Gasteiger partial charge on any atom is -0.383 e. The van der Waals surface area contributed by atoms with Gasteiger partial charge in [-0.05, 0) is 37.3 Å². The Hall–Kier alpha value is -3.94. The number of carbonyl (C=O) groups excluding carboxylic acids is 1. The standard InChI is InChI=1S/C24H20ClF4N9O/c1-22(26,27)23(28,29)7-6-13-20-32-10-33-38(20)9-14(34-13)18-35-17(30)16-19(36-18)37-21(39)24(16,11-2-3-11)15-5-4-12(25)8-31-15/h4-5,8-11H,2-3,6-7H2,1H3,(H3,30,35,36,37,39). The summed E-state index contributed by atoms with van der Waals surface area (Å²) >= 11 is 6.02. The largest absolute Gasteiger partial charge is 0.383 e. The fraction of sp³-hybridized carbons (Fsp3) is 0.375. The van der Waals surface area contributed by atoms with Crippen LogP contribution in [0.25, 0.3) is 17.2 Å². The smallest absolute Gasteiger partial charge is 0.310 e. The minimum absolute atomic E-state index is 0.00155. The zero-order valence-corrected chi connectivity index (χ0v) is 21.1. The number of nitrogen functional groups attached to an aromatic ring is 1. The molecule has 15 heteroatoms. The zero-order valence-electron chi connectivity index (χ0n) is 20.3. The van der Waals surface area contributed by atoms with Gasteiger partial charge in [0.1, 0.15) is 29.1 Å². The monoisotopic (exact) mass is 561 g/mol. The first-order chi connectivity index (χ1) is 18.4. The van der Waals surface area contributed by atoms with Crippen molar-refractivity contribution in [3.8, 4) is 11.5 Å². The number of rotatable bonds is 7. The number of carbonyl (C=O) groups is 1. The molecule has 1 aliphatic heterocycles. The fourth-order valence-electron chi connectivity index (χ4n) is 5.02. The van der Waals surface area contributed by atoms with Gasteiger partial charge in [0.25, 0.3) is 0 Å². The number of aromatic nitrogens is 7. The molecule has 1 atom stereocenters. The number of anilines is 2. The number of hydrogen-bond acceptors (Lipinski definition) is 8. The summed E-state index contributed by atoms with van der Waals surface area (Å²) in [4.78, 5) is 35.2. The summed E-state index contributed by atoms with van der Waals surface area (Å²) in [5.41, 5.74) is 6.28. The van der Waals surface area contributed by atoms with Gasteiger partial charge in [-0.15, -0.1) is 0 Å². The lowest BCUT2D eigenvalue weighted by molar-refractivity contribution is -0.200. The lowest BCUT2D eigenvalue weighted by atomic mass is 9.74. The second kappa shape index (κ2) is 8.53. The van der Waals surface area contributed by atoms with E-state index < -0.39 is 30.1 Å². The number of amides is 1. The number of nitrogens with one attached hydrogen (secondary N) is 1. The number of nitrogens with zero attached hydrogens (tertiary/aromatic N) is 7. The molecule has 0 bridgehead atoms. The van der Waals surface area contributed by atoms with E-state index in [0.717, 1.165) is 12.8 Å². The van der Waals surface area contributed by atoms with E-state index in [1.807, 2.05) is 0 Å². The van der Waals surface area contributed by atoms with Crippen LogP contribution in [0.2, 0.25) is 5.02 Å². The first-order valence-electron chi connectivity index (χ1n) is 12.0. The van der Waals surface area contributed by atoms with Crippen LogP contribution in [0.5, 0.6) is 0 Å². The fourth-order valence-corrected chi connectivity index (χ4v) is 5.13. The van der Waals surface area contributed by atoms with Gasteiger partial charge in [0.2, 0.25) is 5.91 Å². The van der Waals surface area contributed by atoms with Gasteiger partial charge >= 0.3 is 11.8 Å². The summed E-state index contributed by atoms with van der Waals surface area (Å²) in [5.74, 6) is -8.73. The molecular weight excluding hydrogens is 542 g/mol. The van der Waals surface area contributed by atoms with Crippen LogP contribution < -0.4 is 11.1 Å². The Morgan fingerprint density at radius 3 is 2.62 bits per heavy atom. The Balaban J connectivity index is 1.43. The maximum Gasteiger partial charge on any atom is 0.310 e. The minimum atomic E-state index is -4.26. The Labute approximate surface area is 223 Å². The van der Waals surface area contributed by atoms with Crippen LogP contribution in [0, 0.1) is 5.92 Å². The highest BCUT2D eigenvalue weighted by atomic mass is 35.5. The van der Waals surface area contributed by atoms with Crippen molar-refractivity contribution in [2.75, 3.05) is 11.1 Å². The van der Waals surface area contributed by atoms with E-state index in [2.05, 4.69) is 35.3 Å². The molecule has 10 nitrogen and oxygen atoms in total. The van der Waals surface area contributed by atoms with Crippen molar-refractivity contribution in [2.45, 2.75) is 49.9 Å². The molecular formula is C24H20ClF4N9O. The molecule has 0 aromatic carbocycles. The maximum atomic E-state index is 14.0. The van der Waals surface area contributed by atoms with Crippen molar-refractivity contribution in [2.24, 2.45) is 5.92 Å². The number of nitrogens with two attached hydrogens (primary N) is 1. The van der Waals surface area contributed by atoms with Gasteiger partial charge in [-0.2, -0.15) is 13.9 Å². The SMILES string of the molecule is CC(F)(F)C(F)(F)CCc1nc(-c2nc(N)c3c(n2)NC(=O)C3(c2ccc(Cl)cn2)C2CC2)cn2ncnc12. The Kier molecular flexibility index (Phi) is 5.54. The first kappa shape index (κ1) is 25.3. The summed E-state index contributed by atoms with van der Waals surface area (Å²) in [7, 11) is 0. The molecule has 202 valence electrons. The molecule has 39 heavy (non-hydrogen) atoms. The first-order valence-corrected chi connectivity index (χ1v) is 12.4. The van der Waals surface area contributed by atoms with Crippen molar-refractivity contribution in [3.05, 3.63) is 52.8 Å². The number of fused-ring (bicyclic) bond motifs is 2. The van der Waals surface area contributed by atoms with Crippen molar-refractivity contribution < 1.29 is 22.4 Å². The molecule has 4 aromatic rings. The third-order valence-electron chi connectivity index (χ3n) is 7.12. The average molecular weight is 562 g/mol. The molecule has 1 amide bonds. The highest BCUT2D eigenvalue weighted by molar-refractivity contribution is 6.30. The van der Waals surface area contributed by atoms with Gasteiger partial charge in [-0.25, -0.2) is 33.2 Å². The van der Waals surface area contributed by atoms with Gasteiger partial charge in [-0.3, -0.25) is 9.78 Å². The van der Waals surface area contributed by atoms with Crippen molar-refractivity contribution >= 4 is 34.8 Å². The average Bonchev–Trinajstić information content (AvgIpc) is 3.52. The molecule has 1 unspecified atom stereocenters. The highest BCUT2D eigenvalue weighted by Gasteiger charge is 2.60. The second-order valence-electron chi connectivity index (χ2n) is 9.75. The Morgan fingerprint density at radius 2 is 1.95 bits per heavy atom. The van der Waals surface area contributed by atoms with E-state index in [1.165, 1.54) is 23.2 Å². The maximum absolute atomic E-state index is 14.0. The zero-order chi connectivity index (χ0) is 27.7. The normalized spacial score (nSPS) is 19.4. The van der Waals surface area contributed by atoms with Gasteiger partial charge in [-0.1, -0.05) is 11.6 Å². The summed E-state index contributed by atoms with van der Waals surface area (Å²) < 4.78 is 56.0. The number of halogens is 5. The number of alkyl halides is 4. The summed E-state index contributed by atoms with van der Waals surface area (Å²) in [6, 6.07) is 3.31. The third kappa shape index (κ3) is 3.96. The summed E-state index contributed by atoms with van der Waals surface area (Å²) in [5, 5.41) is 7.23. The molecule has 0 radical (unpaired) electrons. The quantitative estimate of drug-likeness (QED) is 0.322. The van der Waals surface area contributed by atoms with Crippen LogP contribution in [0.4, 0.5) is 29.2 Å². The molecule has 0 spiro atoms. The Bertz CT molecular complexity index is 1620. The molecule has 1 fully saturated rings. The molecule has 4 aromatic heterocycles. The molecule has 0 saturated heterocycles. The lowest BCUT2D eigenvalue weighted by Gasteiger charge is -2.27. The molecule has 1 saturated carbocycles. The van der Waals surface area contributed by atoms with Crippen molar-refractivity contribution in [1.29, 1.82) is 0 Å². The van der Waals surface area contributed by atoms with E-state index in [-0.39, 0.29) is 53.2 Å². The second-order valence-corrected chi connectivity index (χ2v) is 10.2. The Morgan fingerprint density at radius 1 is 1.18 bits per heavy atom. The van der Waals surface area contributed by atoms with Crippen LogP contribution in [0.15, 0.2) is 30.9 Å². The summed E-state index contributed by atoms with van der Waals surface area (Å²) in [6.45, 7) is 0.167. The van der Waals surface area contributed by atoms with E-state index in [0.29, 0.717) is 16.3 Å². The molecule has 3 N–H and O–H groups in total. The van der Waals surface area contributed by atoms with E-state index in [1.54, 1.807) is 12.1 Å². The van der Waals surface area contributed by atoms with E-state index >= 15 is 0 Å². The van der Waals surface area contributed by atoms with Crippen LogP contribution in [0.3, 0.4) is 0 Å². The van der Waals surface area contributed by atoms with Crippen LogP contribution in [0.1, 0.15) is 43.1 Å². The van der Waals surface area contributed by atoms with Gasteiger partial charge < -0.3 is 11.1 Å². The third-order valence-corrected chi connectivity index (χ3v) is 7.34. The lowest BCUT2D eigenvalue weighted by Crippen LogP contribution is -2.39. The van der Waals surface area contributed by atoms with Gasteiger partial charge in [0.05, 0.1) is 28.2 Å². The number of aryl methyl sites for hydroxylation is 1. The topological polar surface area (TPSA) is 137 Å². The molecule has 6 rings (SSSR count). The molecule has 2 aliphatic rings. The predicted octanol–water partition coefficient (Wildman–Crippen LogP) is 4.08. The van der Waals surface area contributed by atoms with Gasteiger partial charge in [0.15, 0.2) is 11.5 Å². The molecule has 1 aliphatic carbocycles. The molecule has 5 heterocycles. The van der Waals surface area contributed by atoms with Crippen LogP contribution in [-0.4, -0.2) is 52.3 Å². The van der Waals surface area contributed by atoms with Crippen molar-refractivity contribution in [3.63, 3.8) is 0 Å². The highest BCUT2D eigenvalue weighted by Crippen LogP contribution is 2.57. The summed E-state index contributed by atoms with van der Waals surface area (Å²) in [6.07, 6.45) is 3.90. The van der Waals surface area contributed by atoms with Crippen LogP contribution in [-0.2, 0) is 16.6 Å².